The first-order chi connectivity index (χ1) is 31.5. The predicted octanol–water partition coefficient (Wildman–Crippen LogP) is 14.6. The fraction of sp³-hybridized carbons (Fsp3) is 0.661. The zero-order valence-corrected chi connectivity index (χ0v) is 43.0. The molecule has 0 rings (SSSR count). The Bertz CT molecular complexity index is 1420. The number of amides is 1. The monoisotopic (exact) mass is 925 g/mol. The number of carbonyl (C=O) groups is 1. The van der Waals surface area contributed by atoms with Crippen LogP contribution in [-0.4, -0.2) is 68.5 Å². The van der Waals surface area contributed by atoms with Gasteiger partial charge < -0.3 is 28.8 Å². The van der Waals surface area contributed by atoms with Gasteiger partial charge in [-0.15, -0.1) is 0 Å². The number of carbonyl (C=O) groups excluding carboxylic acids is 1. The summed E-state index contributed by atoms with van der Waals surface area (Å²) in [6, 6.07) is -0.825. The van der Waals surface area contributed by atoms with Crippen molar-refractivity contribution in [3.63, 3.8) is 0 Å². The molecule has 9 heteroatoms. The molecule has 0 heterocycles. The van der Waals surface area contributed by atoms with Crippen LogP contribution in [0.25, 0.3) is 0 Å². The minimum absolute atomic E-state index is 0.000951. The Balaban J connectivity index is 4.29. The molecular weight excluding hydrogens is 828 g/mol. The van der Waals surface area contributed by atoms with Crippen LogP contribution in [0.1, 0.15) is 187 Å². The van der Waals surface area contributed by atoms with E-state index < -0.39 is 20.0 Å². The molecular formula is C56H97N2O6P. The van der Waals surface area contributed by atoms with Crippen molar-refractivity contribution in [3.05, 3.63) is 109 Å². The number of hydrogen-bond donors (Lipinski definition) is 2. The molecule has 0 aromatic rings. The van der Waals surface area contributed by atoms with Crippen LogP contribution in [0, 0.1) is 0 Å². The van der Waals surface area contributed by atoms with E-state index in [2.05, 4.69) is 129 Å². The molecule has 0 radical (unpaired) electrons. The highest BCUT2D eigenvalue weighted by Gasteiger charge is 2.24. The van der Waals surface area contributed by atoms with Crippen LogP contribution < -0.4 is 10.2 Å². The van der Waals surface area contributed by atoms with Crippen LogP contribution in [0.3, 0.4) is 0 Å². The number of phosphoric acid groups is 1. The van der Waals surface area contributed by atoms with E-state index in [4.69, 9.17) is 9.05 Å². The van der Waals surface area contributed by atoms with Gasteiger partial charge in [-0.25, -0.2) is 0 Å². The molecule has 0 saturated carbocycles. The molecule has 0 aliphatic carbocycles. The summed E-state index contributed by atoms with van der Waals surface area (Å²) in [5.41, 5.74) is 0. The predicted molar refractivity (Wildman–Crippen MR) is 279 cm³/mol. The fourth-order valence-corrected chi connectivity index (χ4v) is 7.46. The zero-order chi connectivity index (χ0) is 47.8. The Kier molecular flexibility index (Phi) is 44.3. The van der Waals surface area contributed by atoms with Crippen molar-refractivity contribution in [1.82, 2.24) is 5.32 Å². The van der Waals surface area contributed by atoms with E-state index in [1.807, 2.05) is 21.1 Å². The van der Waals surface area contributed by atoms with E-state index in [0.29, 0.717) is 23.9 Å². The van der Waals surface area contributed by atoms with Gasteiger partial charge in [0.05, 0.1) is 39.9 Å². The summed E-state index contributed by atoms with van der Waals surface area (Å²) in [4.78, 5) is 25.4. The average Bonchev–Trinajstić information content (AvgIpc) is 3.26. The van der Waals surface area contributed by atoms with E-state index in [-0.39, 0.29) is 19.1 Å². The number of quaternary nitrogens is 1. The smallest absolute Gasteiger partial charge is 0.268 e. The van der Waals surface area contributed by atoms with Crippen molar-refractivity contribution in [2.45, 2.75) is 199 Å². The summed E-state index contributed by atoms with van der Waals surface area (Å²) in [5.74, 6) is -0.203. The highest BCUT2D eigenvalue weighted by Crippen LogP contribution is 2.38. The van der Waals surface area contributed by atoms with Crippen LogP contribution >= 0.6 is 7.82 Å². The molecule has 0 fully saturated rings. The van der Waals surface area contributed by atoms with E-state index in [9.17, 15) is 19.4 Å². The lowest BCUT2D eigenvalue weighted by molar-refractivity contribution is -0.870. The van der Waals surface area contributed by atoms with Gasteiger partial charge in [-0.2, -0.15) is 0 Å². The lowest BCUT2D eigenvalue weighted by atomic mass is 10.0. The average molecular weight is 925 g/mol. The Hall–Kier alpha value is -2.84. The maximum atomic E-state index is 12.9. The summed E-state index contributed by atoms with van der Waals surface area (Å²) in [5, 5.41) is 13.9. The molecule has 372 valence electrons. The van der Waals surface area contributed by atoms with Crippen molar-refractivity contribution in [2.24, 2.45) is 0 Å². The van der Waals surface area contributed by atoms with Crippen LogP contribution in [-0.2, 0) is 18.4 Å². The summed E-state index contributed by atoms with van der Waals surface area (Å²) >= 11 is 0. The SMILES string of the molecule is CC/C=C\C/C=C\C/C=C\C/C=C\C/C=C\C/C=C\C/C=C\C/C=C\C/C=C\CCCCCC(=O)NC(COP(=O)([O-])OCC[N+](C)(C)C)C(O)CCCCCCCCCCCCCC. The van der Waals surface area contributed by atoms with E-state index in [1.54, 1.807) is 0 Å². The number of aliphatic hydroxyl groups excluding tert-OH is 1. The number of allylic oxidation sites excluding steroid dienone is 18. The van der Waals surface area contributed by atoms with E-state index in [0.717, 1.165) is 103 Å². The fourth-order valence-electron chi connectivity index (χ4n) is 6.74. The molecule has 65 heavy (non-hydrogen) atoms. The highest BCUT2D eigenvalue weighted by molar-refractivity contribution is 7.45. The molecule has 0 aromatic carbocycles. The maximum absolute atomic E-state index is 12.9. The largest absolute Gasteiger partial charge is 0.756 e. The standard InChI is InChI=1S/C56H97N2O6P/c1-6-8-10-12-14-16-18-20-21-22-23-24-25-26-27-28-29-30-31-32-33-34-35-36-37-38-40-42-44-46-48-50-56(60)57-54(53-64-65(61,62)63-52-51-58(3,4)5)55(59)49-47-45-43-41-39-19-17-15-13-11-9-7-2/h8,10,14,16,20-21,23-24,26-27,29-30,32-33,35-36,38,40,54-55,59H,6-7,9,11-13,15,17-19,22,25,28,31,34,37,39,41-53H2,1-5H3,(H-,57,60,61,62)/b10-8-,16-14-,21-20-,24-23-,27-26-,30-29-,33-32-,36-35-,40-38-. The summed E-state index contributed by atoms with van der Waals surface area (Å²) in [6.45, 7) is 4.55. The van der Waals surface area contributed by atoms with E-state index in [1.165, 1.54) is 57.8 Å². The number of phosphoric ester groups is 1. The second-order valence-corrected chi connectivity index (χ2v) is 19.6. The first-order valence-corrected chi connectivity index (χ1v) is 27.2. The van der Waals surface area contributed by atoms with E-state index >= 15 is 0 Å². The molecule has 0 aromatic heterocycles. The van der Waals surface area contributed by atoms with Crippen LogP contribution in [0.4, 0.5) is 0 Å². The number of rotatable bonds is 45. The number of aliphatic hydroxyl groups is 1. The summed E-state index contributed by atoms with van der Waals surface area (Å²) in [7, 11) is 1.26. The molecule has 0 spiro atoms. The van der Waals surface area contributed by atoms with Crippen LogP contribution in [0.15, 0.2) is 109 Å². The Labute approximate surface area is 400 Å². The first-order valence-electron chi connectivity index (χ1n) is 25.7. The second-order valence-electron chi connectivity index (χ2n) is 18.1. The van der Waals surface area contributed by atoms with Gasteiger partial charge in [0.2, 0.25) is 5.91 Å². The Morgan fingerprint density at radius 2 is 0.938 bits per heavy atom. The van der Waals surface area contributed by atoms with Crippen LogP contribution in [0.5, 0.6) is 0 Å². The third-order valence-electron chi connectivity index (χ3n) is 10.8. The van der Waals surface area contributed by atoms with Crippen molar-refractivity contribution < 1.29 is 32.9 Å². The van der Waals surface area contributed by atoms with Crippen molar-refractivity contribution in [2.75, 3.05) is 40.9 Å². The van der Waals surface area contributed by atoms with Gasteiger partial charge in [-0.1, -0.05) is 207 Å². The van der Waals surface area contributed by atoms with Gasteiger partial charge in [0.1, 0.15) is 13.2 Å². The Morgan fingerprint density at radius 3 is 1.35 bits per heavy atom. The third kappa shape index (κ3) is 48.9. The molecule has 2 N–H and O–H groups in total. The first kappa shape index (κ1) is 62.2. The number of likely N-dealkylation sites (N-methyl/N-ethyl adjacent to an activating group) is 1. The molecule has 0 bridgehead atoms. The molecule has 0 saturated heterocycles. The number of unbranched alkanes of at least 4 members (excludes halogenated alkanes) is 14. The topological polar surface area (TPSA) is 108 Å². The second kappa shape index (κ2) is 46.3. The normalized spacial score (nSPS) is 15.0. The molecule has 3 atom stereocenters. The molecule has 0 aliphatic heterocycles. The Morgan fingerprint density at radius 1 is 0.554 bits per heavy atom. The molecule has 1 amide bonds. The van der Waals surface area contributed by atoms with Crippen molar-refractivity contribution in [1.29, 1.82) is 0 Å². The number of nitrogens with one attached hydrogen (secondary N) is 1. The van der Waals surface area contributed by atoms with Gasteiger partial charge >= 0.3 is 0 Å². The minimum atomic E-state index is -4.58. The molecule has 8 nitrogen and oxygen atoms in total. The summed E-state index contributed by atoms with van der Waals surface area (Å²) in [6.07, 6.45) is 66.8. The summed E-state index contributed by atoms with van der Waals surface area (Å²) < 4.78 is 23.3. The van der Waals surface area contributed by atoms with Crippen molar-refractivity contribution >= 4 is 13.7 Å². The zero-order valence-electron chi connectivity index (χ0n) is 42.1. The minimum Gasteiger partial charge on any atom is -0.756 e. The number of nitrogens with zero attached hydrogens (tertiary/aromatic N) is 1. The van der Waals surface area contributed by atoms with Gasteiger partial charge in [0.15, 0.2) is 0 Å². The quantitative estimate of drug-likeness (QED) is 0.0273. The van der Waals surface area contributed by atoms with Gasteiger partial charge in [0, 0.05) is 6.42 Å². The van der Waals surface area contributed by atoms with Gasteiger partial charge in [0.25, 0.3) is 7.82 Å². The lowest BCUT2D eigenvalue weighted by Crippen LogP contribution is -2.46. The number of hydrogen-bond acceptors (Lipinski definition) is 6. The van der Waals surface area contributed by atoms with Gasteiger partial charge in [-0.3, -0.25) is 9.36 Å². The van der Waals surface area contributed by atoms with Crippen LogP contribution in [0.2, 0.25) is 0 Å². The molecule has 0 aliphatic rings. The third-order valence-corrected chi connectivity index (χ3v) is 11.7. The maximum Gasteiger partial charge on any atom is 0.268 e. The van der Waals surface area contributed by atoms with Gasteiger partial charge in [-0.05, 0) is 83.5 Å². The highest BCUT2D eigenvalue weighted by atomic mass is 31.2. The molecule has 3 unspecified atom stereocenters. The van der Waals surface area contributed by atoms with Crippen molar-refractivity contribution in [3.8, 4) is 0 Å². The lowest BCUT2D eigenvalue weighted by Gasteiger charge is -2.30.